The second kappa shape index (κ2) is 8.24. The van der Waals surface area contributed by atoms with Crippen molar-refractivity contribution < 1.29 is 27.7 Å². The van der Waals surface area contributed by atoms with Gasteiger partial charge in [0.15, 0.2) is 11.8 Å². The maximum absolute atomic E-state index is 12.4. The van der Waals surface area contributed by atoms with Gasteiger partial charge in [0.1, 0.15) is 0 Å². The molecule has 2 aromatic carbocycles. The van der Waals surface area contributed by atoms with Crippen molar-refractivity contribution in [2.75, 3.05) is 29.1 Å². The Labute approximate surface area is 186 Å². The lowest BCUT2D eigenvalue weighted by molar-refractivity contribution is -0.385. The van der Waals surface area contributed by atoms with E-state index in [-0.39, 0.29) is 29.2 Å². The SMILES string of the molecule is Cc1ccc(NC(=O)COC(=O)c2ccc3c(c2)SC2=NS(=O)(=O)CCN23)cc1[N+](=O)[O-]. The van der Waals surface area contributed by atoms with E-state index in [0.717, 1.165) is 17.4 Å². The van der Waals surface area contributed by atoms with E-state index in [4.69, 9.17) is 4.74 Å². The third-order valence-electron chi connectivity index (χ3n) is 4.73. The van der Waals surface area contributed by atoms with Crippen molar-refractivity contribution in [2.24, 2.45) is 4.40 Å². The number of ether oxygens (including phenoxy) is 1. The number of hydrogen-bond acceptors (Lipinski definition) is 9. The molecule has 0 aromatic heterocycles. The summed E-state index contributed by atoms with van der Waals surface area (Å²) in [4.78, 5) is 37.3. The number of carbonyl (C=O) groups is 2. The van der Waals surface area contributed by atoms with Crippen molar-refractivity contribution in [2.45, 2.75) is 11.8 Å². The molecular weight excluding hydrogens is 460 g/mol. The van der Waals surface area contributed by atoms with Crippen molar-refractivity contribution in [3.63, 3.8) is 0 Å². The highest BCUT2D eigenvalue weighted by Gasteiger charge is 2.33. The molecule has 4 rings (SSSR count). The summed E-state index contributed by atoms with van der Waals surface area (Å²) in [6.07, 6.45) is 0. The topological polar surface area (TPSA) is 148 Å². The van der Waals surface area contributed by atoms with Gasteiger partial charge in [-0.2, -0.15) is 0 Å². The average molecular weight is 476 g/mol. The number of amidine groups is 1. The highest BCUT2D eigenvalue weighted by molar-refractivity contribution is 8.15. The van der Waals surface area contributed by atoms with Gasteiger partial charge in [-0.1, -0.05) is 6.07 Å². The minimum absolute atomic E-state index is 0.0838. The first-order chi connectivity index (χ1) is 15.1. The van der Waals surface area contributed by atoms with Crippen LogP contribution in [0.5, 0.6) is 0 Å². The molecule has 1 amide bonds. The number of anilines is 2. The Balaban J connectivity index is 1.39. The lowest BCUT2D eigenvalue weighted by atomic mass is 10.2. The molecule has 166 valence electrons. The van der Waals surface area contributed by atoms with Gasteiger partial charge in [-0.3, -0.25) is 14.9 Å². The quantitative estimate of drug-likeness (QED) is 0.390. The van der Waals surface area contributed by atoms with Crippen molar-refractivity contribution in [1.82, 2.24) is 0 Å². The Morgan fingerprint density at radius 3 is 2.81 bits per heavy atom. The number of benzene rings is 2. The number of nitro benzene ring substituents is 1. The van der Waals surface area contributed by atoms with Gasteiger partial charge in [0.2, 0.25) is 0 Å². The molecule has 0 spiro atoms. The Hall–Kier alpha value is -3.45. The van der Waals surface area contributed by atoms with E-state index in [2.05, 4.69) is 9.71 Å². The number of hydrogen-bond donors (Lipinski definition) is 1. The number of aryl methyl sites for hydroxylation is 1. The van der Waals surface area contributed by atoms with Crippen LogP contribution in [0.2, 0.25) is 0 Å². The zero-order valence-electron chi connectivity index (χ0n) is 16.6. The summed E-state index contributed by atoms with van der Waals surface area (Å²) in [6, 6.07) is 8.99. The fraction of sp³-hybridized carbons (Fsp3) is 0.211. The van der Waals surface area contributed by atoms with E-state index in [1.165, 1.54) is 24.3 Å². The molecule has 32 heavy (non-hydrogen) atoms. The summed E-state index contributed by atoms with van der Waals surface area (Å²) in [7, 11) is -3.48. The van der Waals surface area contributed by atoms with Crippen molar-refractivity contribution >= 4 is 55.9 Å². The van der Waals surface area contributed by atoms with E-state index < -0.39 is 33.4 Å². The lowest BCUT2D eigenvalue weighted by Crippen LogP contribution is -2.35. The minimum Gasteiger partial charge on any atom is -0.452 e. The fourth-order valence-corrected chi connectivity index (χ4v) is 5.45. The van der Waals surface area contributed by atoms with Crippen LogP contribution in [0.4, 0.5) is 17.1 Å². The molecule has 0 fully saturated rings. The summed E-state index contributed by atoms with van der Waals surface area (Å²) in [5.41, 5.74) is 1.47. The van der Waals surface area contributed by atoms with Crippen LogP contribution in [0, 0.1) is 17.0 Å². The Kier molecular flexibility index (Phi) is 5.60. The molecule has 0 saturated carbocycles. The van der Waals surface area contributed by atoms with Gasteiger partial charge in [-0.15, -0.1) is 4.40 Å². The highest BCUT2D eigenvalue weighted by atomic mass is 32.2. The van der Waals surface area contributed by atoms with Crippen LogP contribution >= 0.6 is 11.8 Å². The summed E-state index contributed by atoms with van der Waals surface area (Å²) >= 11 is 1.14. The van der Waals surface area contributed by atoms with Gasteiger partial charge in [0.05, 0.1) is 21.9 Å². The average Bonchev–Trinajstić information content (AvgIpc) is 3.08. The van der Waals surface area contributed by atoms with Crippen LogP contribution in [0.1, 0.15) is 15.9 Å². The Morgan fingerprint density at radius 2 is 2.06 bits per heavy atom. The number of sulfonamides is 1. The largest absolute Gasteiger partial charge is 0.452 e. The second-order valence-electron chi connectivity index (χ2n) is 6.98. The summed E-state index contributed by atoms with van der Waals surface area (Å²) in [5.74, 6) is -1.47. The van der Waals surface area contributed by atoms with Crippen molar-refractivity contribution in [3.05, 3.63) is 57.6 Å². The summed E-state index contributed by atoms with van der Waals surface area (Å²) < 4.78 is 32.2. The molecule has 11 nitrogen and oxygen atoms in total. The number of nitro groups is 1. The third-order valence-corrected chi connectivity index (χ3v) is 7.04. The van der Waals surface area contributed by atoms with Crippen LogP contribution < -0.4 is 10.2 Å². The van der Waals surface area contributed by atoms with E-state index in [1.54, 1.807) is 24.0 Å². The van der Waals surface area contributed by atoms with Crippen LogP contribution in [-0.2, 0) is 19.6 Å². The van der Waals surface area contributed by atoms with Crippen LogP contribution in [-0.4, -0.2) is 49.3 Å². The standard InChI is InChI=1S/C19H16N4O7S2/c1-11-2-4-13(9-15(11)23(26)27)20-17(24)10-30-18(25)12-3-5-14-16(8-12)31-19-21-32(28,29)7-6-22(14)19/h2-5,8-9H,6-7,10H2,1H3,(H,20,24). The number of nitrogens with one attached hydrogen (secondary N) is 1. The molecule has 1 N–H and O–H groups in total. The zero-order valence-corrected chi connectivity index (χ0v) is 18.2. The first kappa shape index (κ1) is 21.8. The first-order valence-corrected chi connectivity index (χ1v) is 11.7. The molecule has 0 atom stereocenters. The van der Waals surface area contributed by atoms with E-state index in [9.17, 15) is 28.1 Å². The van der Waals surface area contributed by atoms with Gasteiger partial charge in [0.25, 0.3) is 21.6 Å². The number of fused-ring (bicyclic) bond motifs is 3. The molecular formula is C19H16N4O7S2. The van der Waals surface area contributed by atoms with Gasteiger partial charge in [0, 0.05) is 28.8 Å². The molecule has 2 aliphatic rings. The van der Waals surface area contributed by atoms with Crippen LogP contribution in [0.25, 0.3) is 0 Å². The molecule has 2 heterocycles. The predicted octanol–water partition coefficient (Wildman–Crippen LogP) is 2.31. The number of thioether (sulfide) groups is 1. The Morgan fingerprint density at radius 1 is 1.28 bits per heavy atom. The normalized spacial score (nSPS) is 15.9. The fourth-order valence-electron chi connectivity index (χ4n) is 3.15. The molecule has 0 radical (unpaired) electrons. The molecule has 0 bridgehead atoms. The van der Waals surface area contributed by atoms with Crippen molar-refractivity contribution in [3.8, 4) is 0 Å². The smallest absolute Gasteiger partial charge is 0.338 e. The monoisotopic (exact) mass is 476 g/mol. The number of nitrogens with zero attached hydrogens (tertiary/aromatic N) is 3. The second-order valence-corrected chi connectivity index (χ2v) is 9.74. The third kappa shape index (κ3) is 4.43. The molecule has 13 heteroatoms. The lowest BCUT2D eigenvalue weighted by Gasteiger charge is -2.22. The van der Waals surface area contributed by atoms with Gasteiger partial charge in [-0.05, 0) is 43.0 Å². The molecule has 0 saturated heterocycles. The van der Waals surface area contributed by atoms with E-state index in [1.807, 2.05) is 0 Å². The maximum atomic E-state index is 12.4. The van der Waals surface area contributed by atoms with Gasteiger partial charge >= 0.3 is 5.97 Å². The predicted molar refractivity (Wildman–Crippen MR) is 118 cm³/mol. The molecule has 0 unspecified atom stereocenters. The van der Waals surface area contributed by atoms with Crippen LogP contribution in [0.15, 0.2) is 45.7 Å². The number of esters is 1. The summed E-state index contributed by atoms with van der Waals surface area (Å²) in [5, 5.41) is 13.8. The zero-order chi connectivity index (χ0) is 23.0. The Bertz CT molecular complexity index is 1290. The van der Waals surface area contributed by atoms with Crippen molar-refractivity contribution in [1.29, 1.82) is 0 Å². The highest BCUT2D eigenvalue weighted by Crippen LogP contribution is 2.42. The summed E-state index contributed by atoms with van der Waals surface area (Å²) in [6.45, 7) is 1.28. The molecule has 2 aromatic rings. The van der Waals surface area contributed by atoms with Gasteiger partial charge < -0.3 is 15.0 Å². The number of carbonyl (C=O) groups excluding carboxylic acids is 2. The van der Waals surface area contributed by atoms with Crippen LogP contribution in [0.3, 0.4) is 0 Å². The van der Waals surface area contributed by atoms with Gasteiger partial charge in [-0.25, -0.2) is 13.2 Å². The first-order valence-electron chi connectivity index (χ1n) is 9.27. The maximum Gasteiger partial charge on any atom is 0.338 e. The molecule has 2 aliphatic heterocycles. The van der Waals surface area contributed by atoms with E-state index >= 15 is 0 Å². The number of rotatable bonds is 5. The minimum atomic E-state index is -3.48. The number of amides is 1. The van der Waals surface area contributed by atoms with E-state index in [0.29, 0.717) is 15.6 Å². The molecule has 0 aliphatic carbocycles.